The number of hydrogen-bond donors (Lipinski definition) is 2. The number of nitrogens with zero attached hydrogens (tertiary/aromatic N) is 1. The number of aromatic nitrogens is 1. The number of ether oxygens (including phenoxy) is 1. The molecule has 3 rings (SSSR count). The Morgan fingerprint density at radius 2 is 2.14 bits per heavy atom. The molecule has 22 heavy (non-hydrogen) atoms. The molecule has 6 heteroatoms. The second-order valence-corrected chi connectivity index (χ2v) is 5.39. The van der Waals surface area contributed by atoms with Gasteiger partial charge >= 0.3 is 0 Å². The summed E-state index contributed by atoms with van der Waals surface area (Å²) in [5, 5.41) is 7.42. The average Bonchev–Trinajstić information content (AvgIpc) is 2.64. The van der Waals surface area contributed by atoms with E-state index >= 15 is 0 Å². The molecular formula is C16H18ClN3O2. The molecule has 0 fully saturated rings. The first-order valence-electron chi connectivity index (χ1n) is 6.76. The molecule has 0 radical (unpaired) electrons. The highest BCUT2D eigenvalue weighted by atomic mass is 35.5. The van der Waals surface area contributed by atoms with Crippen LogP contribution >= 0.6 is 12.4 Å². The Hall–Kier alpha value is -2.27. The van der Waals surface area contributed by atoms with Crippen molar-refractivity contribution < 1.29 is 9.53 Å². The van der Waals surface area contributed by atoms with E-state index in [-0.39, 0.29) is 24.0 Å². The Bertz CT molecular complexity index is 765. The average molecular weight is 320 g/mol. The lowest BCUT2D eigenvalue weighted by Crippen LogP contribution is -2.16. The summed E-state index contributed by atoms with van der Waals surface area (Å²) in [6.45, 7) is 2.32. The van der Waals surface area contributed by atoms with Crippen LogP contribution in [0.2, 0.25) is 0 Å². The maximum atomic E-state index is 12.8. The fourth-order valence-electron chi connectivity index (χ4n) is 2.72. The Labute approximate surface area is 135 Å². The van der Waals surface area contributed by atoms with E-state index in [1.807, 2.05) is 36.7 Å². The minimum atomic E-state index is -0.0465. The van der Waals surface area contributed by atoms with Crippen molar-refractivity contribution in [3.8, 4) is 5.75 Å². The molecule has 0 spiro atoms. The number of ketones is 1. The van der Waals surface area contributed by atoms with Crippen LogP contribution in [0.3, 0.4) is 0 Å². The molecule has 3 N–H and O–H groups in total. The van der Waals surface area contributed by atoms with Gasteiger partial charge in [0, 0.05) is 24.7 Å². The molecule has 0 saturated carbocycles. The first kappa shape index (κ1) is 16.1. The molecule has 0 atom stereocenters. The summed E-state index contributed by atoms with van der Waals surface area (Å²) in [6.07, 6.45) is 0.331. The molecule has 2 heterocycles. The maximum absolute atomic E-state index is 12.8. The molecule has 2 aromatic rings. The monoisotopic (exact) mass is 319 g/mol. The summed E-state index contributed by atoms with van der Waals surface area (Å²) in [4.78, 5) is 12.8. The third-order valence-corrected chi connectivity index (χ3v) is 3.76. The van der Waals surface area contributed by atoms with Gasteiger partial charge in [0.2, 0.25) is 5.78 Å². The van der Waals surface area contributed by atoms with Gasteiger partial charge in [-0.2, -0.15) is 0 Å². The van der Waals surface area contributed by atoms with Crippen LogP contribution < -0.4 is 10.5 Å². The van der Waals surface area contributed by atoms with Gasteiger partial charge in [0.05, 0.1) is 17.1 Å². The first-order valence-corrected chi connectivity index (χ1v) is 6.76. The van der Waals surface area contributed by atoms with E-state index in [4.69, 9.17) is 15.9 Å². The molecule has 0 aliphatic carbocycles. The maximum Gasteiger partial charge on any atom is 0.213 e. The van der Waals surface area contributed by atoms with Gasteiger partial charge in [0.15, 0.2) is 0 Å². The Morgan fingerprint density at radius 1 is 1.41 bits per heavy atom. The highest BCUT2D eigenvalue weighted by Gasteiger charge is 2.26. The van der Waals surface area contributed by atoms with Gasteiger partial charge in [0.1, 0.15) is 12.4 Å². The SMILES string of the molecule is Cc1ccc2c(c1)OCc1cc(CC(=N)N)n(C)c1C2=O.Cl. The largest absolute Gasteiger partial charge is 0.488 e. The van der Waals surface area contributed by atoms with Crippen LogP contribution in [-0.4, -0.2) is 16.2 Å². The molecule has 116 valence electrons. The van der Waals surface area contributed by atoms with Crippen molar-refractivity contribution in [2.24, 2.45) is 12.8 Å². The molecular weight excluding hydrogens is 302 g/mol. The van der Waals surface area contributed by atoms with Gasteiger partial charge < -0.3 is 15.0 Å². The smallest absolute Gasteiger partial charge is 0.213 e. The van der Waals surface area contributed by atoms with Gasteiger partial charge in [-0.3, -0.25) is 10.2 Å². The predicted octanol–water partition coefficient (Wildman–Crippen LogP) is 2.36. The zero-order valence-corrected chi connectivity index (χ0v) is 13.3. The number of amidine groups is 1. The lowest BCUT2D eigenvalue weighted by Gasteiger charge is -2.09. The molecule has 1 aromatic heterocycles. The van der Waals surface area contributed by atoms with Crippen molar-refractivity contribution in [1.29, 1.82) is 5.41 Å². The minimum Gasteiger partial charge on any atom is -0.488 e. The lowest BCUT2D eigenvalue weighted by molar-refractivity contribution is 0.103. The summed E-state index contributed by atoms with van der Waals surface area (Å²) in [5.41, 5.74) is 9.41. The van der Waals surface area contributed by atoms with Crippen LogP contribution in [0.15, 0.2) is 24.3 Å². The van der Waals surface area contributed by atoms with Crippen LogP contribution in [0.25, 0.3) is 0 Å². The number of carbonyl (C=O) groups excluding carboxylic acids is 1. The van der Waals surface area contributed by atoms with E-state index in [2.05, 4.69) is 0 Å². The van der Waals surface area contributed by atoms with Gasteiger partial charge in [-0.25, -0.2) is 0 Å². The van der Waals surface area contributed by atoms with Crippen LogP contribution in [0.5, 0.6) is 5.75 Å². The lowest BCUT2D eigenvalue weighted by atomic mass is 10.0. The fraction of sp³-hybridized carbons (Fsp3) is 0.250. The quantitative estimate of drug-likeness (QED) is 0.658. The molecule has 0 amide bonds. The van der Waals surface area contributed by atoms with Crippen LogP contribution in [0, 0.1) is 12.3 Å². The Morgan fingerprint density at radius 3 is 2.82 bits per heavy atom. The summed E-state index contributed by atoms with van der Waals surface area (Å²) in [6, 6.07) is 7.49. The van der Waals surface area contributed by atoms with Gasteiger partial charge in [-0.05, 0) is 30.7 Å². The van der Waals surface area contributed by atoms with Crippen molar-refractivity contribution in [2.45, 2.75) is 20.0 Å². The number of benzene rings is 1. The van der Waals surface area contributed by atoms with Gasteiger partial charge in [-0.1, -0.05) is 6.07 Å². The summed E-state index contributed by atoms with van der Waals surface area (Å²) in [5.74, 6) is 0.661. The summed E-state index contributed by atoms with van der Waals surface area (Å²) >= 11 is 0. The standard InChI is InChI=1S/C16H17N3O2.ClH/c1-9-3-4-12-13(5-9)21-8-10-6-11(7-14(17)18)19(2)15(10)16(12)20;/h3-6H,7-8H2,1-2H3,(H3,17,18);1H. The minimum absolute atomic E-state index is 0. The van der Waals surface area contributed by atoms with E-state index in [0.717, 1.165) is 16.8 Å². The third-order valence-electron chi connectivity index (χ3n) is 3.76. The molecule has 5 nitrogen and oxygen atoms in total. The molecule has 1 aliphatic heterocycles. The van der Waals surface area contributed by atoms with Crippen molar-refractivity contribution in [2.75, 3.05) is 0 Å². The van der Waals surface area contributed by atoms with Crippen LogP contribution in [0.4, 0.5) is 0 Å². The van der Waals surface area contributed by atoms with E-state index in [1.165, 1.54) is 0 Å². The van der Waals surface area contributed by atoms with E-state index in [9.17, 15) is 4.79 Å². The molecule has 0 saturated heterocycles. The second kappa shape index (κ2) is 5.85. The highest BCUT2D eigenvalue weighted by molar-refractivity contribution is 6.11. The summed E-state index contributed by atoms with van der Waals surface area (Å²) in [7, 11) is 1.83. The topological polar surface area (TPSA) is 81.1 Å². The van der Waals surface area contributed by atoms with E-state index < -0.39 is 0 Å². The first-order chi connectivity index (χ1) is 9.97. The van der Waals surface area contributed by atoms with Crippen molar-refractivity contribution in [1.82, 2.24) is 4.57 Å². The number of aryl methyl sites for hydroxylation is 1. The fourth-order valence-corrected chi connectivity index (χ4v) is 2.72. The molecule has 1 aliphatic rings. The molecule has 0 unspecified atom stereocenters. The number of nitrogens with one attached hydrogen (secondary N) is 1. The number of rotatable bonds is 2. The predicted molar refractivity (Wildman–Crippen MR) is 87.2 cm³/mol. The Kier molecular flexibility index (Phi) is 4.28. The zero-order chi connectivity index (χ0) is 15.1. The van der Waals surface area contributed by atoms with E-state index in [1.54, 1.807) is 6.07 Å². The molecule has 1 aromatic carbocycles. The number of carbonyl (C=O) groups is 1. The number of nitrogens with two attached hydrogens (primary N) is 1. The van der Waals surface area contributed by atoms with Gasteiger partial charge in [0.25, 0.3) is 0 Å². The highest BCUT2D eigenvalue weighted by Crippen LogP contribution is 2.30. The Balaban J connectivity index is 0.00000176. The van der Waals surface area contributed by atoms with E-state index in [0.29, 0.717) is 30.0 Å². The van der Waals surface area contributed by atoms with Crippen molar-refractivity contribution in [3.05, 3.63) is 52.3 Å². The second-order valence-electron chi connectivity index (χ2n) is 5.39. The van der Waals surface area contributed by atoms with Crippen molar-refractivity contribution in [3.63, 3.8) is 0 Å². The number of hydrogen-bond acceptors (Lipinski definition) is 3. The molecule has 0 bridgehead atoms. The number of fused-ring (bicyclic) bond motifs is 2. The number of halogens is 1. The third kappa shape index (κ3) is 2.60. The van der Waals surface area contributed by atoms with Gasteiger partial charge in [-0.15, -0.1) is 12.4 Å². The van der Waals surface area contributed by atoms with Crippen molar-refractivity contribution >= 4 is 24.0 Å². The zero-order valence-electron chi connectivity index (χ0n) is 12.5. The van der Waals surface area contributed by atoms with Crippen LogP contribution in [0.1, 0.15) is 32.9 Å². The normalized spacial score (nSPS) is 12.5. The van der Waals surface area contributed by atoms with Crippen LogP contribution in [-0.2, 0) is 20.1 Å². The summed E-state index contributed by atoms with van der Waals surface area (Å²) < 4.78 is 7.60.